The molecule has 0 saturated carbocycles. The van der Waals surface area contributed by atoms with Crippen LogP contribution in [0.3, 0.4) is 0 Å². The Bertz CT molecular complexity index is 3260. The molecule has 0 N–H and O–H groups in total. The first-order chi connectivity index (χ1) is 29.5. The van der Waals surface area contributed by atoms with E-state index in [9.17, 15) is 0 Å². The lowest BCUT2D eigenvalue weighted by atomic mass is 9.67. The molecular formula is C58H41NO. The first-order valence-corrected chi connectivity index (χ1v) is 20.9. The average molecular weight is 768 g/mol. The molecule has 60 heavy (non-hydrogen) atoms. The summed E-state index contributed by atoms with van der Waals surface area (Å²) in [6, 6.07) is 78.0. The number of nitrogens with zero attached hydrogens (tertiary/aromatic N) is 1. The number of anilines is 3. The molecule has 2 aliphatic carbocycles. The zero-order valence-electron chi connectivity index (χ0n) is 33.6. The fourth-order valence-electron chi connectivity index (χ4n) is 10.8. The maximum atomic E-state index is 6.57. The second-order valence-corrected chi connectivity index (χ2v) is 16.8. The van der Waals surface area contributed by atoms with E-state index in [1.54, 1.807) is 0 Å². The fourth-order valence-corrected chi connectivity index (χ4v) is 10.8. The highest BCUT2D eigenvalue weighted by molar-refractivity contribution is 6.14. The Morgan fingerprint density at radius 1 is 0.383 bits per heavy atom. The minimum atomic E-state index is -0.504. The number of hydrogen-bond acceptors (Lipinski definition) is 2. The summed E-state index contributed by atoms with van der Waals surface area (Å²) in [6.45, 7) is 4.72. The van der Waals surface area contributed by atoms with Crippen molar-refractivity contribution in [2.75, 3.05) is 4.90 Å². The molecule has 0 amide bonds. The fraction of sp³-hybridized carbons (Fsp3) is 0.0690. The molecule has 10 aromatic rings. The number of benzene rings is 9. The van der Waals surface area contributed by atoms with Crippen molar-refractivity contribution in [1.82, 2.24) is 0 Å². The van der Waals surface area contributed by atoms with E-state index in [0.717, 1.165) is 50.1 Å². The summed E-state index contributed by atoms with van der Waals surface area (Å²) in [6.07, 6.45) is 0. The normalized spacial score (nSPS) is 14.1. The number of furan rings is 1. The molecule has 0 atom stereocenters. The molecule has 0 saturated heterocycles. The summed E-state index contributed by atoms with van der Waals surface area (Å²) >= 11 is 0. The van der Waals surface area contributed by atoms with Crippen LogP contribution in [0, 0.1) is 0 Å². The van der Waals surface area contributed by atoms with Crippen LogP contribution in [-0.4, -0.2) is 0 Å². The molecule has 0 fully saturated rings. The van der Waals surface area contributed by atoms with E-state index in [2.05, 4.69) is 231 Å². The lowest BCUT2D eigenvalue weighted by molar-refractivity contribution is 0.660. The Balaban J connectivity index is 1.16. The zero-order chi connectivity index (χ0) is 40.0. The van der Waals surface area contributed by atoms with E-state index in [1.165, 1.54) is 55.6 Å². The number of hydrogen-bond donors (Lipinski definition) is 0. The summed E-state index contributed by atoms with van der Waals surface area (Å²) in [5.41, 5.74) is 19.6. The third-order valence-corrected chi connectivity index (χ3v) is 13.4. The number of para-hydroxylation sites is 2. The molecule has 1 heterocycles. The first kappa shape index (κ1) is 34.6. The van der Waals surface area contributed by atoms with Gasteiger partial charge in [0.15, 0.2) is 0 Å². The molecule has 0 aliphatic heterocycles. The summed E-state index contributed by atoms with van der Waals surface area (Å²) in [5, 5.41) is 2.20. The van der Waals surface area contributed by atoms with E-state index >= 15 is 0 Å². The van der Waals surface area contributed by atoms with Crippen molar-refractivity contribution in [2.24, 2.45) is 0 Å². The van der Waals surface area contributed by atoms with Gasteiger partial charge in [0.25, 0.3) is 0 Å². The maximum absolute atomic E-state index is 6.57. The third kappa shape index (κ3) is 4.76. The van der Waals surface area contributed by atoms with Crippen LogP contribution >= 0.6 is 0 Å². The van der Waals surface area contributed by atoms with Gasteiger partial charge in [-0.2, -0.15) is 0 Å². The average Bonchev–Trinajstić information content (AvgIpc) is 3.92. The molecular weight excluding hydrogens is 727 g/mol. The van der Waals surface area contributed by atoms with Gasteiger partial charge < -0.3 is 9.32 Å². The minimum Gasteiger partial charge on any atom is -0.456 e. The molecule has 2 nitrogen and oxygen atoms in total. The van der Waals surface area contributed by atoms with E-state index in [4.69, 9.17) is 4.42 Å². The maximum Gasteiger partial charge on any atom is 0.137 e. The summed E-state index contributed by atoms with van der Waals surface area (Å²) in [7, 11) is 0. The van der Waals surface area contributed by atoms with E-state index in [1.807, 2.05) is 0 Å². The van der Waals surface area contributed by atoms with Gasteiger partial charge in [-0.1, -0.05) is 190 Å². The number of rotatable bonds is 6. The van der Waals surface area contributed by atoms with Gasteiger partial charge in [-0.05, 0) is 92.0 Å². The van der Waals surface area contributed by atoms with Gasteiger partial charge in [-0.3, -0.25) is 0 Å². The molecule has 2 heteroatoms. The van der Waals surface area contributed by atoms with Crippen molar-refractivity contribution in [2.45, 2.75) is 24.7 Å². The molecule has 284 valence electrons. The lowest BCUT2D eigenvalue weighted by Crippen LogP contribution is -2.28. The Labute approximate surface area is 350 Å². The van der Waals surface area contributed by atoms with Gasteiger partial charge >= 0.3 is 0 Å². The van der Waals surface area contributed by atoms with E-state index in [-0.39, 0.29) is 5.41 Å². The molecule has 0 radical (unpaired) electrons. The van der Waals surface area contributed by atoms with Crippen LogP contribution in [0.25, 0.3) is 55.3 Å². The quantitative estimate of drug-likeness (QED) is 0.168. The van der Waals surface area contributed by atoms with Crippen molar-refractivity contribution in [3.8, 4) is 33.4 Å². The second kappa shape index (κ2) is 13.0. The molecule has 0 bridgehead atoms. The predicted octanol–water partition coefficient (Wildman–Crippen LogP) is 15.4. The van der Waals surface area contributed by atoms with Crippen LogP contribution in [0.2, 0.25) is 0 Å². The van der Waals surface area contributed by atoms with E-state index in [0.29, 0.717) is 0 Å². The lowest BCUT2D eigenvalue weighted by Gasteiger charge is -2.34. The van der Waals surface area contributed by atoms with Gasteiger partial charge in [0.05, 0.1) is 27.9 Å². The van der Waals surface area contributed by atoms with Crippen LogP contribution in [0.4, 0.5) is 17.1 Å². The molecule has 0 unspecified atom stereocenters. The van der Waals surface area contributed by atoms with Crippen LogP contribution in [0.1, 0.15) is 47.2 Å². The molecule has 2 aliphatic rings. The highest BCUT2D eigenvalue weighted by Gasteiger charge is 2.46. The second-order valence-electron chi connectivity index (χ2n) is 16.8. The SMILES string of the molecule is CC1(C)c2ccccc2-c2c(N(c3ccccc3-c3ccc4c(c3)C(c3ccccc3)(c3ccccc3)c3ccccc3-4)c3cccc4oc5ccccc5c34)cccc21. The predicted molar refractivity (Wildman–Crippen MR) is 249 cm³/mol. The summed E-state index contributed by atoms with van der Waals surface area (Å²) in [5.74, 6) is 0. The largest absolute Gasteiger partial charge is 0.456 e. The molecule has 12 rings (SSSR count). The van der Waals surface area contributed by atoms with Gasteiger partial charge in [0, 0.05) is 21.9 Å². The van der Waals surface area contributed by atoms with Gasteiger partial charge in [0.2, 0.25) is 0 Å². The minimum absolute atomic E-state index is 0.158. The van der Waals surface area contributed by atoms with Crippen molar-refractivity contribution in [3.63, 3.8) is 0 Å². The Morgan fingerprint density at radius 3 is 1.72 bits per heavy atom. The van der Waals surface area contributed by atoms with Crippen molar-refractivity contribution >= 4 is 39.0 Å². The monoisotopic (exact) mass is 767 g/mol. The Kier molecular flexibility index (Phi) is 7.52. The third-order valence-electron chi connectivity index (χ3n) is 13.4. The van der Waals surface area contributed by atoms with Crippen LogP contribution in [0.5, 0.6) is 0 Å². The van der Waals surface area contributed by atoms with Crippen molar-refractivity contribution in [3.05, 3.63) is 246 Å². The Hall–Kier alpha value is -7.42. The van der Waals surface area contributed by atoms with Gasteiger partial charge in [-0.15, -0.1) is 0 Å². The standard InChI is InChI=1S/C58H41NO/c1-57(2)46-27-13-10-25-44(46)55-48(57)29-17-31-51(55)59(52-32-18-34-54-56(52)45-26-12-16-33-53(45)60-54)50-30-15-11-23-41(50)38-35-36-43-42-24-9-14-28-47(42)58(49(43)37-38,39-19-5-3-6-20-39)40-21-7-4-8-22-40/h3-37H,1-2H3. The van der Waals surface area contributed by atoms with Crippen LogP contribution in [0.15, 0.2) is 217 Å². The molecule has 0 spiro atoms. The Morgan fingerprint density at radius 2 is 0.933 bits per heavy atom. The first-order valence-electron chi connectivity index (χ1n) is 20.9. The van der Waals surface area contributed by atoms with Gasteiger partial charge in [-0.25, -0.2) is 0 Å². The smallest absolute Gasteiger partial charge is 0.137 e. The van der Waals surface area contributed by atoms with E-state index < -0.39 is 5.41 Å². The highest BCUT2D eigenvalue weighted by Crippen LogP contribution is 2.59. The van der Waals surface area contributed by atoms with Crippen molar-refractivity contribution in [1.29, 1.82) is 0 Å². The van der Waals surface area contributed by atoms with Crippen LogP contribution < -0.4 is 4.90 Å². The highest BCUT2D eigenvalue weighted by atomic mass is 16.3. The zero-order valence-corrected chi connectivity index (χ0v) is 33.6. The number of fused-ring (bicyclic) bond motifs is 9. The summed E-state index contributed by atoms with van der Waals surface area (Å²) < 4.78 is 6.57. The topological polar surface area (TPSA) is 16.4 Å². The van der Waals surface area contributed by atoms with Gasteiger partial charge in [0.1, 0.15) is 11.2 Å². The van der Waals surface area contributed by atoms with Crippen LogP contribution in [-0.2, 0) is 10.8 Å². The van der Waals surface area contributed by atoms with Crippen molar-refractivity contribution < 1.29 is 4.42 Å². The molecule has 1 aromatic heterocycles. The summed E-state index contributed by atoms with van der Waals surface area (Å²) in [4.78, 5) is 2.51. The molecule has 9 aromatic carbocycles.